The van der Waals surface area contributed by atoms with Gasteiger partial charge in [-0.05, 0) is 50.2 Å². The SMILES string of the molecule is CCOc1ccc(OCC(=O)OCC(=O)N[C@@H](C)c2cc3ccccc3o2)cc1. The molecule has 0 bridgehead atoms. The molecule has 0 aliphatic rings. The Balaban J connectivity index is 1.40. The third kappa shape index (κ3) is 5.75. The summed E-state index contributed by atoms with van der Waals surface area (Å²) in [5.74, 6) is 0.800. The summed E-state index contributed by atoms with van der Waals surface area (Å²) in [6.07, 6.45) is 0. The number of para-hydroxylation sites is 1. The maximum atomic E-state index is 12.0. The molecule has 1 aromatic heterocycles. The predicted molar refractivity (Wildman–Crippen MR) is 107 cm³/mol. The second-order valence-electron chi connectivity index (χ2n) is 6.33. The highest BCUT2D eigenvalue weighted by molar-refractivity contribution is 5.82. The maximum absolute atomic E-state index is 12.0. The summed E-state index contributed by atoms with van der Waals surface area (Å²) >= 11 is 0. The molecule has 0 saturated carbocycles. The van der Waals surface area contributed by atoms with Crippen molar-refractivity contribution in [2.45, 2.75) is 19.9 Å². The van der Waals surface area contributed by atoms with Crippen LogP contribution in [0.25, 0.3) is 11.0 Å². The molecule has 0 radical (unpaired) electrons. The smallest absolute Gasteiger partial charge is 0.344 e. The molecule has 0 fully saturated rings. The second kappa shape index (κ2) is 9.64. The van der Waals surface area contributed by atoms with E-state index >= 15 is 0 Å². The molecule has 29 heavy (non-hydrogen) atoms. The third-order valence-electron chi connectivity index (χ3n) is 4.10. The first-order chi connectivity index (χ1) is 14.0. The number of carbonyl (C=O) groups is 2. The molecule has 7 heteroatoms. The second-order valence-corrected chi connectivity index (χ2v) is 6.33. The zero-order valence-electron chi connectivity index (χ0n) is 16.3. The Labute approximate surface area is 168 Å². The van der Waals surface area contributed by atoms with Crippen molar-refractivity contribution >= 4 is 22.8 Å². The Kier molecular flexibility index (Phi) is 6.73. The first-order valence-corrected chi connectivity index (χ1v) is 9.34. The summed E-state index contributed by atoms with van der Waals surface area (Å²) in [7, 11) is 0. The van der Waals surface area contributed by atoms with Gasteiger partial charge in [-0.15, -0.1) is 0 Å². The van der Waals surface area contributed by atoms with Crippen molar-refractivity contribution in [1.29, 1.82) is 0 Å². The number of rotatable bonds is 9. The van der Waals surface area contributed by atoms with Crippen LogP contribution in [0.5, 0.6) is 11.5 Å². The number of esters is 1. The minimum absolute atomic E-state index is 0.291. The average Bonchev–Trinajstić information content (AvgIpc) is 3.16. The fourth-order valence-corrected chi connectivity index (χ4v) is 2.70. The van der Waals surface area contributed by atoms with Crippen LogP contribution in [0.1, 0.15) is 25.6 Å². The van der Waals surface area contributed by atoms with Crippen molar-refractivity contribution in [2.75, 3.05) is 19.8 Å². The van der Waals surface area contributed by atoms with E-state index in [0.717, 1.165) is 16.7 Å². The van der Waals surface area contributed by atoms with E-state index in [1.807, 2.05) is 37.3 Å². The number of fused-ring (bicyclic) bond motifs is 1. The van der Waals surface area contributed by atoms with Gasteiger partial charge in [0.1, 0.15) is 22.8 Å². The maximum Gasteiger partial charge on any atom is 0.344 e. The number of benzene rings is 2. The predicted octanol–water partition coefficient (Wildman–Crippen LogP) is 3.63. The van der Waals surface area contributed by atoms with E-state index in [-0.39, 0.29) is 12.6 Å². The zero-order valence-corrected chi connectivity index (χ0v) is 16.3. The van der Waals surface area contributed by atoms with Crippen LogP contribution in [0.3, 0.4) is 0 Å². The lowest BCUT2D eigenvalue weighted by Crippen LogP contribution is -2.31. The molecule has 0 aliphatic carbocycles. The number of amides is 1. The Morgan fingerprint density at radius 2 is 1.69 bits per heavy atom. The molecule has 1 amide bonds. The van der Waals surface area contributed by atoms with Gasteiger partial charge in [0.2, 0.25) is 0 Å². The van der Waals surface area contributed by atoms with E-state index in [1.54, 1.807) is 31.2 Å². The molecule has 1 atom stereocenters. The molecule has 3 rings (SSSR count). The summed E-state index contributed by atoms with van der Waals surface area (Å²) in [4.78, 5) is 23.8. The molecule has 2 aromatic carbocycles. The summed E-state index contributed by atoms with van der Waals surface area (Å²) in [5.41, 5.74) is 0.751. The highest BCUT2D eigenvalue weighted by Crippen LogP contribution is 2.23. The Morgan fingerprint density at radius 1 is 1.00 bits per heavy atom. The van der Waals surface area contributed by atoms with Gasteiger partial charge in [0, 0.05) is 5.39 Å². The van der Waals surface area contributed by atoms with Gasteiger partial charge in [0.15, 0.2) is 13.2 Å². The van der Waals surface area contributed by atoms with Crippen LogP contribution >= 0.6 is 0 Å². The Hall–Kier alpha value is -3.48. The van der Waals surface area contributed by atoms with Crippen LogP contribution in [-0.4, -0.2) is 31.7 Å². The lowest BCUT2D eigenvalue weighted by molar-refractivity contribution is -0.150. The number of nitrogens with one attached hydrogen (secondary N) is 1. The molecular formula is C22H23NO6. The average molecular weight is 397 g/mol. The normalized spacial score (nSPS) is 11.7. The van der Waals surface area contributed by atoms with Crippen molar-refractivity contribution in [3.05, 3.63) is 60.4 Å². The van der Waals surface area contributed by atoms with Gasteiger partial charge in [0.25, 0.3) is 5.91 Å². The van der Waals surface area contributed by atoms with Crippen LogP contribution in [0.15, 0.2) is 59.0 Å². The highest BCUT2D eigenvalue weighted by Gasteiger charge is 2.15. The monoisotopic (exact) mass is 397 g/mol. The number of furan rings is 1. The van der Waals surface area contributed by atoms with E-state index in [0.29, 0.717) is 18.1 Å². The lowest BCUT2D eigenvalue weighted by atomic mass is 10.2. The molecule has 0 unspecified atom stereocenters. The largest absolute Gasteiger partial charge is 0.494 e. The molecule has 0 spiro atoms. The summed E-state index contributed by atoms with van der Waals surface area (Å²) < 4.78 is 21.3. The van der Waals surface area contributed by atoms with Crippen LogP contribution < -0.4 is 14.8 Å². The van der Waals surface area contributed by atoms with E-state index in [9.17, 15) is 9.59 Å². The summed E-state index contributed by atoms with van der Waals surface area (Å²) in [6.45, 7) is 3.58. The van der Waals surface area contributed by atoms with Gasteiger partial charge in [-0.2, -0.15) is 0 Å². The van der Waals surface area contributed by atoms with E-state index in [4.69, 9.17) is 18.6 Å². The van der Waals surface area contributed by atoms with Gasteiger partial charge in [-0.3, -0.25) is 4.79 Å². The van der Waals surface area contributed by atoms with Crippen LogP contribution in [0, 0.1) is 0 Å². The highest BCUT2D eigenvalue weighted by atomic mass is 16.6. The van der Waals surface area contributed by atoms with Crippen molar-refractivity contribution in [2.24, 2.45) is 0 Å². The van der Waals surface area contributed by atoms with Gasteiger partial charge < -0.3 is 23.9 Å². The van der Waals surface area contributed by atoms with E-state index < -0.39 is 18.5 Å². The lowest BCUT2D eigenvalue weighted by Gasteiger charge is -2.12. The standard InChI is InChI=1S/C22H23NO6/c1-3-26-17-8-10-18(11-9-17)27-14-22(25)28-13-21(24)23-15(2)20-12-16-6-4-5-7-19(16)29-20/h4-12,15H,3,13-14H2,1-2H3,(H,23,24)/t15-/m0/s1. The Bertz CT molecular complexity index is 930. The first-order valence-electron chi connectivity index (χ1n) is 9.34. The van der Waals surface area contributed by atoms with E-state index in [2.05, 4.69) is 5.32 Å². The minimum atomic E-state index is -0.634. The van der Waals surface area contributed by atoms with Crippen molar-refractivity contribution < 1.29 is 28.2 Å². The van der Waals surface area contributed by atoms with Gasteiger partial charge in [-0.25, -0.2) is 4.79 Å². The molecule has 0 aliphatic heterocycles. The first kappa shape index (κ1) is 20.3. The topological polar surface area (TPSA) is 87.0 Å². The summed E-state index contributed by atoms with van der Waals surface area (Å²) in [5, 5.41) is 3.70. The van der Waals surface area contributed by atoms with Gasteiger partial charge in [0.05, 0.1) is 12.6 Å². The minimum Gasteiger partial charge on any atom is -0.494 e. The van der Waals surface area contributed by atoms with Gasteiger partial charge >= 0.3 is 5.97 Å². The molecule has 1 heterocycles. The fourth-order valence-electron chi connectivity index (χ4n) is 2.70. The number of ether oxygens (including phenoxy) is 3. The third-order valence-corrected chi connectivity index (χ3v) is 4.10. The van der Waals surface area contributed by atoms with Gasteiger partial charge in [-0.1, -0.05) is 18.2 Å². The van der Waals surface area contributed by atoms with Crippen LogP contribution in [-0.2, 0) is 14.3 Å². The summed E-state index contributed by atoms with van der Waals surface area (Å²) in [6, 6.07) is 16.0. The molecule has 3 aromatic rings. The van der Waals surface area contributed by atoms with Crippen molar-refractivity contribution in [1.82, 2.24) is 5.32 Å². The van der Waals surface area contributed by atoms with E-state index in [1.165, 1.54) is 0 Å². The fraction of sp³-hybridized carbons (Fsp3) is 0.273. The molecule has 152 valence electrons. The molecule has 1 N–H and O–H groups in total. The number of hydrogen-bond acceptors (Lipinski definition) is 6. The van der Waals surface area contributed by atoms with Crippen molar-refractivity contribution in [3.8, 4) is 11.5 Å². The molecule has 0 saturated heterocycles. The van der Waals surface area contributed by atoms with Crippen LogP contribution in [0.4, 0.5) is 0 Å². The Morgan fingerprint density at radius 3 is 2.38 bits per heavy atom. The van der Waals surface area contributed by atoms with Crippen molar-refractivity contribution in [3.63, 3.8) is 0 Å². The zero-order chi connectivity index (χ0) is 20.6. The number of carbonyl (C=O) groups excluding carboxylic acids is 2. The number of hydrogen-bond donors (Lipinski definition) is 1. The molecular weight excluding hydrogens is 374 g/mol. The quantitative estimate of drug-likeness (QED) is 0.555. The van der Waals surface area contributed by atoms with Crippen LogP contribution in [0.2, 0.25) is 0 Å². The molecule has 7 nitrogen and oxygen atoms in total.